The third-order valence-corrected chi connectivity index (χ3v) is 5.08. The van der Waals surface area contributed by atoms with E-state index in [4.69, 9.17) is 4.74 Å². The highest BCUT2D eigenvalue weighted by molar-refractivity contribution is 5.42. The van der Waals surface area contributed by atoms with Gasteiger partial charge in [-0.2, -0.15) is 0 Å². The number of hydrogen-bond acceptors (Lipinski definition) is 2. The lowest BCUT2D eigenvalue weighted by molar-refractivity contribution is 0.0851. The van der Waals surface area contributed by atoms with Gasteiger partial charge < -0.3 is 10.1 Å². The average Bonchev–Trinajstić information content (AvgIpc) is 2.70. The third-order valence-electron chi connectivity index (χ3n) is 5.08. The fraction of sp³-hybridized carbons (Fsp3) is 0.667. The molecule has 1 aromatic carbocycles. The summed E-state index contributed by atoms with van der Waals surface area (Å²) in [6.07, 6.45) is 6.98. The van der Waals surface area contributed by atoms with Gasteiger partial charge in [-0.3, -0.25) is 0 Å². The highest BCUT2D eigenvalue weighted by Gasteiger charge is 2.42. The van der Waals surface area contributed by atoms with Crippen LogP contribution in [0.15, 0.2) is 24.3 Å². The number of benzene rings is 1. The van der Waals surface area contributed by atoms with Crippen LogP contribution in [0.4, 0.5) is 0 Å². The van der Waals surface area contributed by atoms with Crippen LogP contribution in [-0.4, -0.2) is 11.6 Å². The smallest absolute Gasteiger partial charge is 0.125 e. The molecule has 0 amide bonds. The largest absolute Gasteiger partial charge is 0.486 e. The number of hydrogen-bond donors (Lipinski definition) is 1. The van der Waals surface area contributed by atoms with E-state index in [0.717, 1.165) is 11.7 Å². The molecule has 2 aliphatic rings. The zero-order chi connectivity index (χ0) is 14.2. The maximum Gasteiger partial charge on any atom is 0.125 e. The summed E-state index contributed by atoms with van der Waals surface area (Å²) in [5.41, 5.74) is 1.16. The van der Waals surface area contributed by atoms with E-state index in [0.29, 0.717) is 12.1 Å². The van der Waals surface area contributed by atoms with Crippen molar-refractivity contribution in [3.63, 3.8) is 0 Å². The second kappa shape index (κ2) is 5.40. The summed E-state index contributed by atoms with van der Waals surface area (Å²) in [6.45, 7) is 6.74. The van der Waals surface area contributed by atoms with Crippen LogP contribution in [0.2, 0.25) is 0 Å². The highest BCUT2D eigenvalue weighted by Crippen LogP contribution is 2.43. The lowest BCUT2D eigenvalue weighted by Gasteiger charge is -2.34. The van der Waals surface area contributed by atoms with E-state index in [1.807, 2.05) is 0 Å². The van der Waals surface area contributed by atoms with Crippen molar-refractivity contribution in [2.45, 2.75) is 70.6 Å². The van der Waals surface area contributed by atoms with Crippen molar-refractivity contribution >= 4 is 0 Å². The van der Waals surface area contributed by atoms with Gasteiger partial charge in [0.1, 0.15) is 11.4 Å². The molecule has 1 aromatic rings. The van der Waals surface area contributed by atoms with Crippen LogP contribution in [-0.2, 0) is 0 Å². The quantitative estimate of drug-likeness (QED) is 0.878. The summed E-state index contributed by atoms with van der Waals surface area (Å²) >= 11 is 0. The van der Waals surface area contributed by atoms with Crippen LogP contribution in [0.5, 0.6) is 5.75 Å². The van der Waals surface area contributed by atoms with E-state index in [-0.39, 0.29) is 5.60 Å². The lowest BCUT2D eigenvalue weighted by atomic mass is 9.83. The Labute approximate surface area is 122 Å². The standard InChI is InChI=1S/C18H27NO/c1-13(14-9-5-4-6-10-14)19-17-15-11-7-8-12-16(15)20-18(17,2)3/h7-8,11-14,17,19H,4-6,9-10H2,1-3H3/t13-,17?/m1/s1. The molecule has 2 nitrogen and oxygen atoms in total. The first-order valence-electron chi connectivity index (χ1n) is 8.12. The fourth-order valence-electron chi connectivity index (χ4n) is 3.85. The molecule has 1 fully saturated rings. The second-order valence-electron chi connectivity index (χ2n) is 7.03. The molecule has 0 bridgehead atoms. The van der Waals surface area contributed by atoms with Crippen LogP contribution >= 0.6 is 0 Å². The van der Waals surface area contributed by atoms with Crippen molar-refractivity contribution < 1.29 is 4.74 Å². The van der Waals surface area contributed by atoms with Crippen molar-refractivity contribution in [1.82, 2.24) is 5.32 Å². The van der Waals surface area contributed by atoms with E-state index in [1.165, 1.54) is 37.7 Å². The SMILES string of the molecule is C[C@@H](NC1c2ccccc2OC1(C)C)C1CCCCC1. The molecule has 3 rings (SSSR count). The zero-order valence-electron chi connectivity index (χ0n) is 13.0. The lowest BCUT2D eigenvalue weighted by Crippen LogP contribution is -2.45. The molecule has 0 radical (unpaired) electrons. The first kappa shape index (κ1) is 13.9. The molecule has 1 unspecified atom stereocenters. The molecule has 1 aliphatic heterocycles. The summed E-state index contributed by atoms with van der Waals surface area (Å²) in [5, 5.41) is 3.87. The minimum atomic E-state index is -0.160. The van der Waals surface area contributed by atoms with Gasteiger partial charge in [0.2, 0.25) is 0 Å². The predicted molar refractivity (Wildman–Crippen MR) is 83.1 cm³/mol. The molecule has 0 aromatic heterocycles. The minimum Gasteiger partial charge on any atom is -0.486 e. The van der Waals surface area contributed by atoms with Crippen molar-refractivity contribution in [2.24, 2.45) is 5.92 Å². The van der Waals surface area contributed by atoms with Crippen LogP contribution in [0.1, 0.15) is 64.5 Å². The normalized spacial score (nSPS) is 26.9. The van der Waals surface area contributed by atoms with Crippen LogP contribution < -0.4 is 10.1 Å². The van der Waals surface area contributed by atoms with E-state index >= 15 is 0 Å². The van der Waals surface area contributed by atoms with Gasteiger partial charge in [-0.1, -0.05) is 37.5 Å². The monoisotopic (exact) mass is 273 g/mol. The average molecular weight is 273 g/mol. The van der Waals surface area contributed by atoms with Gasteiger partial charge in [0.05, 0.1) is 6.04 Å². The molecular formula is C18H27NO. The van der Waals surface area contributed by atoms with Gasteiger partial charge in [-0.05, 0) is 45.6 Å². The molecule has 1 N–H and O–H groups in total. The summed E-state index contributed by atoms with van der Waals surface area (Å²) < 4.78 is 6.13. The summed E-state index contributed by atoms with van der Waals surface area (Å²) in [4.78, 5) is 0. The number of fused-ring (bicyclic) bond motifs is 1. The fourth-order valence-corrected chi connectivity index (χ4v) is 3.85. The number of para-hydroxylation sites is 1. The van der Waals surface area contributed by atoms with E-state index in [1.54, 1.807) is 0 Å². The predicted octanol–water partition coefficient (Wildman–Crippen LogP) is 4.46. The van der Waals surface area contributed by atoms with Crippen LogP contribution in [0, 0.1) is 5.92 Å². The molecule has 2 heteroatoms. The van der Waals surface area contributed by atoms with Crippen molar-refractivity contribution in [3.8, 4) is 5.75 Å². The molecule has 0 saturated heterocycles. The highest BCUT2D eigenvalue weighted by atomic mass is 16.5. The van der Waals surface area contributed by atoms with Gasteiger partial charge >= 0.3 is 0 Å². The van der Waals surface area contributed by atoms with Gasteiger partial charge in [-0.25, -0.2) is 0 Å². The Balaban J connectivity index is 1.75. The molecule has 1 aliphatic carbocycles. The molecule has 110 valence electrons. The Morgan fingerprint density at radius 3 is 2.60 bits per heavy atom. The summed E-state index contributed by atoms with van der Waals surface area (Å²) in [5.74, 6) is 1.87. The first-order valence-corrected chi connectivity index (χ1v) is 8.12. The maximum absolute atomic E-state index is 6.13. The Hall–Kier alpha value is -1.02. The molecule has 1 heterocycles. The molecular weight excluding hydrogens is 246 g/mol. The summed E-state index contributed by atoms with van der Waals surface area (Å²) in [7, 11) is 0. The molecule has 1 saturated carbocycles. The van der Waals surface area contributed by atoms with Gasteiger partial charge in [-0.15, -0.1) is 0 Å². The van der Waals surface area contributed by atoms with E-state index in [9.17, 15) is 0 Å². The Morgan fingerprint density at radius 1 is 1.15 bits per heavy atom. The first-order chi connectivity index (χ1) is 9.58. The number of ether oxygens (including phenoxy) is 1. The molecule has 2 atom stereocenters. The van der Waals surface area contributed by atoms with Gasteiger partial charge in [0.25, 0.3) is 0 Å². The number of nitrogens with one attached hydrogen (secondary N) is 1. The Bertz CT molecular complexity index is 462. The third kappa shape index (κ3) is 2.58. The molecule has 20 heavy (non-hydrogen) atoms. The Morgan fingerprint density at radius 2 is 1.85 bits per heavy atom. The van der Waals surface area contributed by atoms with Crippen LogP contribution in [0.3, 0.4) is 0 Å². The van der Waals surface area contributed by atoms with Crippen molar-refractivity contribution in [3.05, 3.63) is 29.8 Å². The Kier molecular flexibility index (Phi) is 3.76. The zero-order valence-corrected chi connectivity index (χ0v) is 13.0. The topological polar surface area (TPSA) is 21.3 Å². The van der Waals surface area contributed by atoms with Crippen molar-refractivity contribution in [1.29, 1.82) is 0 Å². The second-order valence-corrected chi connectivity index (χ2v) is 7.03. The minimum absolute atomic E-state index is 0.160. The molecule has 0 spiro atoms. The van der Waals surface area contributed by atoms with Gasteiger partial charge in [0, 0.05) is 11.6 Å². The number of rotatable bonds is 3. The van der Waals surface area contributed by atoms with Crippen LogP contribution in [0.25, 0.3) is 0 Å². The van der Waals surface area contributed by atoms with Crippen molar-refractivity contribution in [2.75, 3.05) is 0 Å². The maximum atomic E-state index is 6.13. The van der Waals surface area contributed by atoms with Gasteiger partial charge in [0.15, 0.2) is 0 Å². The summed E-state index contributed by atoms with van der Waals surface area (Å²) in [6, 6.07) is 9.33. The van der Waals surface area contributed by atoms with E-state index in [2.05, 4.69) is 50.4 Å². The van der Waals surface area contributed by atoms with E-state index < -0.39 is 0 Å².